The van der Waals surface area contributed by atoms with Crippen LogP contribution in [-0.4, -0.2) is 13.2 Å². The third-order valence-electron chi connectivity index (χ3n) is 2.89. The number of nitriles is 1. The zero-order chi connectivity index (χ0) is 12.4. The van der Waals surface area contributed by atoms with Crippen LogP contribution in [0.25, 0.3) is 11.1 Å². The molecule has 0 bridgehead atoms. The zero-order valence-corrected chi connectivity index (χ0v) is 9.72. The fourth-order valence-electron chi connectivity index (χ4n) is 2.10. The standard InChI is InChI=1S/C15H11NO2/c16-10-12-6-7-13-15(18-9-8-17-13)14(12)11-4-2-1-3-5-11/h1-7H,8-9H2. The van der Waals surface area contributed by atoms with Crippen molar-refractivity contribution in [1.82, 2.24) is 0 Å². The number of rotatable bonds is 1. The van der Waals surface area contributed by atoms with Crippen molar-refractivity contribution in [2.24, 2.45) is 0 Å². The Bertz CT molecular complexity index is 614. The van der Waals surface area contributed by atoms with E-state index in [9.17, 15) is 5.26 Å². The van der Waals surface area contributed by atoms with Crippen LogP contribution in [0.15, 0.2) is 42.5 Å². The summed E-state index contributed by atoms with van der Waals surface area (Å²) in [5.41, 5.74) is 2.39. The van der Waals surface area contributed by atoms with Crippen LogP contribution in [0.1, 0.15) is 5.56 Å². The van der Waals surface area contributed by atoms with E-state index < -0.39 is 0 Å². The minimum Gasteiger partial charge on any atom is -0.486 e. The van der Waals surface area contributed by atoms with E-state index in [4.69, 9.17) is 9.47 Å². The van der Waals surface area contributed by atoms with Crippen molar-refractivity contribution in [1.29, 1.82) is 5.26 Å². The molecule has 3 nitrogen and oxygen atoms in total. The molecule has 0 saturated carbocycles. The van der Waals surface area contributed by atoms with Crippen LogP contribution in [0, 0.1) is 11.3 Å². The van der Waals surface area contributed by atoms with Gasteiger partial charge in [-0.15, -0.1) is 0 Å². The summed E-state index contributed by atoms with van der Waals surface area (Å²) in [5.74, 6) is 1.38. The lowest BCUT2D eigenvalue weighted by molar-refractivity contribution is 0.172. The van der Waals surface area contributed by atoms with Crippen LogP contribution in [0.4, 0.5) is 0 Å². The Labute approximate surface area is 105 Å². The van der Waals surface area contributed by atoms with E-state index >= 15 is 0 Å². The molecule has 0 saturated heterocycles. The van der Waals surface area contributed by atoms with E-state index in [1.807, 2.05) is 30.3 Å². The maximum absolute atomic E-state index is 9.23. The first kappa shape index (κ1) is 10.7. The predicted octanol–water partition coefficient (Wildman–Crippen LogP) is 3.00. The fraction of sp³-hybridized carbons (Fsp3) is 0.133. The van der Waals surface area contributed by atoms with Crippen molar-refractivity contribution in [3.8, 4) is 28.7 Å². The van der Waals surface area contributed by atoms with Gasteiger partial charge in [-0.1, -0.05) is 30.3 Å². The van der Waals surface area contributed by atoms with Gasteiger partial charge in [0.25, 0.3) is 0 Å². The highest BCUT2D eigenvalue weighted by molar-refractivity contribution is 5.79. The maximum Gasteiger partial charge on any atom is 0.170 e. The van der Waals surface area contributed by atoms with E-state index in [1.54, 1.807) is 12.1 Å². The van der Waals surface area contributed by atoms with Gasteiger partial charge in [-0.2, -0.15) is 5.26 Å². The summed E-state index contributed by atoms with van der Waals surface area (Å²) in [4.78, 5) is 0. The maximum atomic E-state index is 9.23. The molecule has 1 heterocycles. The Kier molecular flexibility index (Phi) is 2.62. The molecule has 18 heavy (non-hydrogen) atoms. The van der Waals surface area contributed by atoms with E-state index in [0.29, 0.717) is 30.3 Å². The second-order valence-electron chi connectivity index (χ2n) is 3.99. The lowest BCUT2D eigenvalue weighted by Crippen LogP contribution is -2.16. The topological polar surface area (TPSA) is 42.2 Å². The Morgan fingerprint density at radius 1 is 0.944 bits per heavy atom. The lowest BCUT2D eigenvalue weighted by Gasteiger charge is -2.21. The van der Waals surface area contributed by atoms with Gasteiger partial charge in [-0.25, -0.2) is 0 Å². The fourth-order valence-corrected chi connectivity index (χ4v) is 2.10. The molecule has 3 rings (SSSR count). The van der Waals surface area contributed by atoms with Crippen LogP contribution >= 0.6 is 0 Å². The van der Waals surface area contributed by atoms with Crippen molar-refractivity contribution in [3.63, 3.8) is 0 Å². The molecule has 0 unspecified atom stereocenters. The molecule has 0 amide bonds. The van der Waals surface area contributed by atoms with Crippen molar-refractivity contribution in [3.05, 3.63) is 48.0 Å². The van der Waals surface area contributed by atoms with Crippen LogP contribution in [0.5, 0.6) is 11.5 Å². The Morgan fingerprint density at radius 2 is 1.72 bits per heavy atom. The molecule has 2 aromatic rings. The zero-order valence-electron chi connectivity index (χ0n) is 9.72. The van der Waals surface area contributed by atoms with Gasteiger partial charge in [0, 0.05) is 5.56 Å². The first-order valence-electron chi connectivity index (χ1n) is 5.78. The average molecular weight is 237 g/mol. The molecule has 0 aromatic heterocycles. The van der Waals surface area contributed by atoms with Crippen LogP contribution in [-0.2, 0) is 0 Å². The summed E-state index contributed by atoms with van der Waals surface area (Å²) in [7, 11) is 0. The Hall–Kier alpha value is -2.47. The normalized spacial score (nSPS) is 12.8. The highest BCUT2D eigenvalue weighted by Crippen LogP contribution is 2.41. The molecular weight excluding hydrogens is 226 g/mol. The van der Waals surface area contributed by atoms with E-state index in [2.05, 4.69) is 6.07 Å². The van der Waals surface area contributed by atoms with Crippen LogP contribution in [0.2, 0.25) is 0 Å². The Morgan fingerprint density at radius 3 is 2.50 bits per heavy atom. The number of hydrogen-bond acceptors (Lipinski definition) is 3. The predicted molar refractivity (Wildman–Crippen MR) is 67.6 cm³/mol. The summed E-state index contributed by atoms with van der Waals surface area (Å²) in [5, 5.41) is 9.23. The number of ether oxygens (including phenoxy) is 2. The number of fused-ring (bicyclic) bond motifs is 1. The van der Waals surface area contributed by atoms with E-state index in [-0.39, 0.29) is 0 Å². The van der Waals surface area contributed by atoms with Crippen LogP contribution < -0.4 is 9.47 Å². The molecule has 0 aliphatic carbocycles. The summed E-state index contributed by atoms with van der Waals surface area (Å²) < 4.78 is 11.2. The molecular formula is C15H11NO2. The minimum atomic E-state index is 0.516. The van der Waals surface area contributed by atoms with Crippen molar-refractivity contribution in [2.75, 3.05) is 13.2 Å². The highest BCUT2D eigenvalue weighted by Gasteiger charge is 2.20. The molecule has 0 radical (unpaired) electrons. The second kappa shape index (κ2) is 4.42. The monoisotopic (exact) mass is 237 g/mol. The summed E-state index contributed by atoms with van der Waals surface area (Å²) >= 11 is 0. The van der Waals surface area contributed by atoms with Gasteiger partial charge in [0.15, 0.2) is 11.5 Å². The van der Waals surface area contributed by atoms with Gasteiger partial charge in [-0.05, 0) is 17.7 Å². The second-order valence-corrected chi connectivity index (χ2v) is 3.99. The molecule has 88 valence electrons. The van der Waals surface area contributed by atoms with Gasteiger partial charge in [-0.3, -0.25) is 0 Å². The third kappa shape index (κ3) is 1.68. The highest BCUT2D eigenvalue weighted by atomic mass is 16.6. The first-order valence-corrected chi connectivity index (χ1v) is 5.78. The van der Waals surface area contributed by atoms with Gasteiger partial charge in [0.1, 0.15) is 13.2 Å². The third-order valence-corrected chi connectivity index (χ3v) is 2.89. The SMILES string of the molecule is N#Cc1ccc2c(c1-c1ccccc1)OCCO2. The molecule has 2 aromatic carbocycles. The largest absolute Gasteiger partial charge is 0.486 e. The Balaban J connectivity index is 2.26. The van der Waals surface area contributed by atoms with Gasteiger partial charge < -0.3 is 9.47 Å². The quantitative estimate of drug-likeness (QED) is 0.765. The smallest absolute Gasteiger partial charge is 0.170 e. The van der Waals surface area contributed by atoms with Gasteiger partial charge in [0.05, 0.1) is 11.6 Å². The minimum absolute atomic E-state index is 0.516. The summed E-state index contributed by atoms with van der Waals surface area (Å²) in [6.07, 6.45) is 0. The van der Waals surface area contributed by atoms with E-state index in [1.165, 1.54) is 0 Å². The number of hydrogen-bond donors (Lipinski definition) is 0. The molecule has 0 N–H and O–H groups in total. The van der Waals surface area contributed by atoms with Crippen molar-refractivity contribution in [2.45, 2.75) is 0 Å². The van der Waals surface area contributed by atoms with Crippen molar-refractivity contribution >= 4 is 0 Å². The van der Waals surface area contributed by atoms with Crippen molar-refractivity contribution < 1.29 is 9.47 Å². The number of nitrogens with zero attached hydrogens (tertiary/aromatic N) is 1. The number of benzene rings is 2. The molecule has 0 spiro atoms. The average Bonchev–Trinajstić information content (AvgIpc) is 2.47. The van der Waals surface area contributed by atoms with Gasteiger partial charge >= 0.3 is 0 Å². The molecule has 3 heteroatoms. The van der Waals surface area contributed by atoms with Gasteiger partial charge in [0.2, 0.25) is 0 Å². The summed E-state index contributed by atoms with van der Waals surface area (Å²) in [6, 6.07) is 15.5. The molecule has 1 aliphatic heterocycles. The molecule has 0 atom stereocenters. The van der Waals surface area contributed by atoms with Crippen LogP contribution in [0.3, 0.4) is 0 Å². The molecule has 1 aliphatic rings. The summed E-state index contributed by atoms with van der Waals surface area (Å²) in [6.45, 7) is 1.06. The first-order chi connectivity index (χ1) is 8.90. The van der Waals surface area contributed by atoms with E-state index in [0.717, 1.165) is 11.1 Å². The lowest BCUT2D eigenvalue weighted by atomic mass is 9.98. The molecule has 0 fully saturated rings.